The average molecular weight is 401 g/mol. The van der Waals surface area contributed by atoms with Crippen molar-refractivity contribution >= 4 is 28.7 Å². The zero-order valence-electron chi connectivity index (χ0n) is 15.4. The minimum Gasteiger partial charge on any atom is -0.380 e. The number of benzene rings is 2. The molecule has 0 saturated carbocycles. The van der Waals surface area contributed by atoms with Gasteiger partial charge in [0.15, 0.2) is 0 Å². The molecule has 2 aromatic rings. The highest BCUT2D eigenvalue weighted by Gasteiger charge is 2.25. The SMILES string of the molecule is C=C1c2ccccc2NC(=O)N1Cc1ccc(CCOCCNS(=O)O)cc1. The standard InChI is InChI=1S/C20H23N3O4S/c1-15-18-4-2-3-5-19(18)22-20(24)23(15)14-17-8-6-16(7-9-17)10-12-27-13-11-21-28(25)26/h2-9,21H,1,10-14H2,(H,22,24)(H,25,26). The lowest BCUT2D eigenvalue weighted by Gasteiger charge is -2.31. The summed E-state index contributed by atoms with van der Waals surface area (Å²) in [4.78, 5) is 14.0. The number of para-hydroxylation sites is 1. The smallest absolute Gasteiger partial charge is 0.326 e. The topological polar surface area (TPSA) is 90.9 Å². The van der Waals surface area contributed by atoms with E-state index in [1.807, 2.05) is 48.5 Å². The number of ether oxygens (including phenoxy) is 1. The van der Waals surface area contributed by atoms with E-state index < -0.39 is 11.3 Å². The quantitative estimate of drug-likeness (QED) is 0.445. The van der Waals surface area contributed by atoms with Gasteiger partial charge in [-0.2, -0.15) is 0 Å². The summed E-state index contributed by atoms with van der Waals surface area (Å²) < 4.78 is 26.8. The Morgan fingerprint density at radius 2 is 1.82 bits per heavy atom. The maximum atomic E-state index is 12.4. The number of nitrogens with one attached hydrogen (secondary N) is 2. The number of urea groups is 1. The van der Waals surface area contributed by atoms with Crippen molar-refractivity contribution in [3.05, 3.63) is 71.8 Å². The van der Waals surface area contributed by atoms with Crippen LogP contribution in [-0.2, 0) is 29.0 Å². The van der Waals surface area contributed by atoms with E-state index in [1.54, 1.807) is 4.90 Å². The second-order valence-corrected chi connectivity index (χ2v) is 7.12. The number of fused-ring (bicyclic) bond motifs is 1. The Balaban J connectivity index is 1.51. The van der Waals surface area contributed by atoms with E-state index in [-0.39, 0.29) is 6.03 Å². The molecule has 2 amide bonds. The van der Waals surface area contributed by atoms with Crippen molar-refractivity contribution in [2.75, 3.05) is 25.1 Å². The van der Waals surface area contributed by atoms with Crippen molar-refractivity contribution in [2.45, 2.75) is 13.0 Å². The van der Waals surface area contributed by atoms with Crippen LogP contribution in [0.15, 0.2) is 55.1 Å². The Morgan fingerprint density at radius 3 is 2.57 bits per heavy atom. The van der Waals surface area contributed by atoms with Gasteiger partial charge in [0.2, 0.25) is 11.3 Å². The highest BCUT2D eigenvalue weighted by Crippen LogP contribution is 2.31. The van der Waals surface area contributed by atoms with Gasteiger partial charge in [0, 0.05) is 17.8 Å². The van der Waals surface area contributed by atoms with Crippen molar-refractivity contribution in [1.82, 2.24) is 9.62 Å². The van der Waals surface area contributed by atoms with Crippen molar-refractivity contribution in [2.24, 2.45) is 0 Å². The van der Waals surface area contributed by atoms with Crippen LogP contribution in [0.25, 0.3) is 5.70 Å². The van der Waals surface area contributed by atoms with Gasteiger partial charge in [-0.15, -0.1) is 0 Å². The van der Waals surface area contributed by atoms with E-state index in [0.29, 0.717) is 32.0 Å². The minimum absolute atomic E-state index is 0.182. The zero-order chi connectivity index (χ0) is 19.9. The molecule has 3 rings (SSSR count). The Kier molecular flexibility index (Phi) is 6.94. The van der Waals surface area contributed by atoms with E-state index in [9.17, 15) is 9.00 Å². The molecule has 1 aliphatic rings. The molecule has 3 N–H and O–H groups in total. The van der Waals surface area contributed by atoms with E-state index >= 15 is 0 Å². The fraction of sp³-hybridized carbons (Fsp3) is 0.250. The van der Waals surface area contributed by atoms with Gasteiger partial charge in [0.25, 0.3) is 0 Å². The lowest BCUT2D eigenvalue weighted by atomic mass is 10.1. The summed E-state index contributed by atoms with van der Waals surface area (Å²) in [7, 11) is 0. The predicted molar refractivity (Wildman–Crippen MR) is 110 cm³/mol. The molecular formula is C20H23N3O4S. The fourth-order valence-electron chi connectivity index (χ4n) is 2.95. The summed E-state index contributed by atoms with van der Waals surface area (Å²) in [5.41, 5.74) is 4.53. The molecule has 7 nitrogen and oxygen atoms in total. The number of hydrogen-bond donors (Lipinski definition) is 3. The van der Waals surface area contributed by atoms with Gasteiger partial charge in [-0.1, -0.05) is 49.0 Å². The molecule has 0 saturated heterocycles. The van der Waals surface area contributed by atoms with Gasteiger partial charge in [0.1, 0.15) is 0 Å². The van der Waals surface area contributed by atoms with Gasteiger partial charge >= 0.3 is 6.03 Å². The number of rotatable bonds is 9. The number of hydrogen-bond acceptors (Lipinski definition) is 3. The molecule has 0 aliphatic carbocycles. The molecule has 2 aromatic carbocycles. The van der Waals surface area contributed by atoms with E-state index in [4.69, 9.17) is 9.29 Å². The monoisotopic (exact) mass is 401 g/mol. The highest BCUT2D eigenvalue weighted by atomic mass is 32.2. The third-order valence-corrected chi connectivity index (χ3v) is 4.87. The van der Waals surface area contributed by atoms with Crippen LogP contribution in [-0.4, -0.2) is 39.5 Å². The molecule has 1 atom stereocenters. The van der Waals surface area contributed by atoms with Crippen LogP contribution in [0.5, 0.6) is 0 Å². The van der Waals surface area contributed by atoms with Gasteiger partial charge in [-0.3, -0.25) is 9.45 Å². The first kappa shape index (κ1) is 20.2. The van der Waals surface area contributed by atoms with E-state index in [2.05, 4.69) is 16.6 Å². The molecule has 8 heteroatoms. The predicted octanol–water partition coefficient (Wildman–Crippen LogP) is 2.99. The molecular weight excluding hydrogens is 378 g/mol. The molecule has 28 heavy (non-hydrogen) atoms. The van der Waals surface area contributed by atoms with Crippen molar-refractivity contribution in [3.63, 3.8) is 0 Å². The zero-order valence-corrected chi connectivity index (χ0v) is 16.2. The van der Waals surface area contributed by atoms with Crippen LogP contribution in [0, 0.1) is 0 Å². The maximum Gasteiger partial charge on any atom is 0.326 e. The normalized spacial score (nSPS) is 14.5. The van der Waals surface area contributed by atoms with Gasteiger partial charge in [-0.05, 0) is 23.6 Å². The second-order valence-electron chi connectivity index (χ2n) is 6.33. The number of anilines is 1. The summed E-state index contributed by atoms with van der Waals surface area (Å²) in [5, 5.41) is 2.89. The largest absolute Gasteiger partial charge is 0.380 e. The molecule has 148 valence electrons. The molecule has 0 aromatic heterocycles. The van der Waals surface area contributed by atoms with Gasteiger partial charge in [-0.25, -0.2) is 13.7 Å². The summed E-state index contributed by atoms with van der Waals surface area (Å²) in [6, 6.07) is 15.5. The van der Waals surface area contributed by atoms with Gasteiger partial charge < -0.3 is 10.1 Å². The van der Waals surface area contributed by atoms with Crippen LogP contribution < -0.4 is 10.0 Å². The number of amides is 2. The van der Waals surface area contributed by atoms with Crippen LogP contribution in [0.2, 0.25) is 0 Å². The molecule has 0 radical (unpaired) electrons. The minimum atomic E-state index is -2.00. The average Bonchev–Trinajstić information content (AvgIpc) is 2.68. The summed E-state index contributed by atoms with van der Waals surface area (Å²) in [5.74, 6) is 0. The summed E-state index contributed by atoms with van der Waals surface area (Å²) >= 11 is -2.00. The maximum absolute atomic E-state index is 12.4. The highest BCUT2D eigenvalue weighted by molar-refractivity contribution is 7.77. The molecule has 0 fully saturated rings. The van der Waals surface area contributed by atoms with Crippen LogP contribution in [0.4, 0.5) is 10.5 Å². The Hall–Kier alpha value is -2.52. The molecule has 0 spiro atoms. The van der Waals surface area contributed by atoms with Crippen LogP contribution in [0.1, 0.15) is 16.7 Å². The summed E-state index contributed by atoms with van der Waals surface area (Å²) in [6.45, 7) is 5.76. The lowest BCUT2D eigenvalue weighted by Crippen LogP contribution is -2.36. The number of carbonyl (C=O) groups is 1. The number of carbonyl (C=O) groups excluding carboxylic acids is 1. The number of nitrogens with zero attached hydrogens (tertiary/aromatic N) is 1. The van der Waals surface area contributed by atoms with Crippen molar-refractivity contribution in [3.8, 4) is 0 Å². The second kappa shape index (κ2) is 9.61. The third-order valence-electron chi connectivity index (χ3n) is 4.42. The first-order valence-electron chi connectivity index (χ1n) is 8.91. The van der Waals surface area contributed by atoms with E-state index in [1.165, 1.54) is 0 Å². The Morgan fingerprint density at radius 1 is 1.11 bits per heavy atom. The van der Waals surface area contributed by atoms with Crippen LogP contribution in [0.3, 0.4) is 0 Å². The Bertz CT molecular complexity index is 870. The first-order chi connectivity index (χ1) is 13.5. The molecule has 1 heterocycles. The van der Waals surface area contributed by atoms with Crippen molar-refractivity contribution < 1.29 is 18.3 Å². The fourth-order valence-corrected chi connectivity index (χ4v) is 3.21. The van der Waals surface area contributed by atoms with Gasteiger partial charge in [0.05, 0.1) is 25.4 Å². The third kappa shape index (κ3) is 5.26. The molecule has 0 bridgehead atoms. The molecule has 1 aliphatic heterocycles. The first-order valence-corrected chi connectivity index (χ1v) is 10.0. The Labute approximate surface area is 166 Å². The van der Waals surface area contributed by atoms with Crippen molar-refractivity contribution in [1.29, 1.82) is 0 Å². The van der Waals surface area contributed by atoms with E-state index in [0.717, 1.165) is 28.8 Å². The summed E-state index contributed by atoms with van der Waals surface area (Å²) in [6.07, 6.45) is 0.743. The lowest BCUT2D eigenvalue weighted by molar-refractivity contribution is 0.142. The van der Waals surface area contributed by atoms with Crippen LogP contribution >= 0.6 is 0 Å². The molecule has 1 unspecified atom stereocenters.